The van der Waals surface area contributed by atoms with Crippen molar-refractivity contribution >= 4 is 22.6 Å². The molecule has 0 saturated carbocycles. The van der Waals surface area contributed by atoms with E-state index < -0.39 is 24.0 Å². The summed E-state index contributed by atoms with van der Waals surface area (Å²) in [7, 11) is 0. The molecule has 2 N–H and O–H groups in total. The van der Waals surface area contributed by atoms with Crippen LogP contribution in [0, 0.1) is 6.92 Å². The van der Waals surface area contributed by atoms with E-state index in [4.69, 9.17) is 14.3 Å². The standard InChI is InChI=1S/C20H17NO6/c1-12-6-7-16(26-11-18(22)21-10-19(23)24)15(8-12)17-9-13-4-2-3-5-14(13)20(25)27-17/h2-9H,10-11H2,1H3,(H,21,22)(H,23,24). The number of carboxylic acid groups (broad SMARTS) is 1. The molecular weight excluding hydrogens is 350 g/mol. The fourth-order valence-electron chi connectivity index (χ4n) is 2.60. The number of amides is 1. The van der Waals surface area contributed by atoms with Gasteiger partial charge in [-0.2, -0.15) is 0 Å². The molecule has 1 amide bonds. The monoisotopic (exact) mass is 367 g/mol. The molecule has 7 heteroatoms. The molecule has 0 spiro atoms. The number of benzene rings is 2. The number of hydrogen-bond acceptors (Lipinski definition) is 5. The van der Waals surface area contributed by atoms with E-state index in [0.717, 1.165) is 10.9 Å². The number of fused-ring (bicyclic) bond motifs is 1. The number of ether oxygens (including phenoxy) is 1. The third kappa shape index (κ3) is 4.33. The molecule has 3 aromatic rings. The minimum absolute atomic E-state index is 0.323. The van der Waals surface area contributed by atoms with Gasteiger partial charge in [0.15, 0.2) is 6.61 Å². The number of rotatable bonds is 6. The van der Waals surface area contributed by atoms with Crippen molar-refractivity contribution in [1.82, 2.24) is 5.32 Å². The van der Waals surface area contributed by atoms with Crippen LogP contribution in [0.15, 0.2) is 57.7 Å². The summed E-state index contributed by atoms with van der Waals surface area (Å²) < 4.78 is 11.0. The van der Waals surface area contributed by atoms with Gasteiger partial charge in [0, 0.05) is 0 Å². The quantitative estimate of drug-likeness (QED) is 0.693. The van der Waals surface area contributed by atoms with E-state index in [0.29, 0.717) is 22.5 Å². The van der Waals surface area contributed by atoms with Crippen LogP contribution >= 0.6 is 0 Å². The number of carbonyl (C=O) groups excluding carboxylic acids is 1. The second-order valence-electron chi connectivity index (χ2n) is 5.94. The van der Waals surface area contributed by atoms with Crippen LogP contribution in [-0.4, -0.2) is 30.1 Å². The molecule has 0 saturated heterocycles. The Bertz CT molecular complexity index is 1070. The molecule has 0 aliphatic heterocycles. The maximum atomic E-state index is 12.3. The molecular formula is C20H17NO6. The first-order valence-corrected chi connectivity index (χ1v) is 8.19. The molecule has 0 radical (unpaired) electrons. The highest BCUT2D eigenvalue weighted by Gasteiger charge is 2.14. The first-order chi connectivity index (χ1) is 12.9. The molecule has 3 rings (SSSR count). The highest BCUT2D eigenvalue weighted by Crippen LogP contribution is 2.31. The lowest BCUT2D eigenvalue weighted by atomic mass is 10.1. The average molecular weight is 367 g/mol. The topological polar surface area (TPSA) is 106 Å². The SMILES string of the molecule is Cc1ccc(OCC(=O)NCC(=O)O)c(-c2cc3ccccc3c(=O)o2)c1. The van der Waals surface area contributed by atoms with Crippen LogP contribution in [0.5, 0.6) is 5.75 Å². The lowest BCUT2D eigenvalue weighted by Gasteiger charge is -2.12. The van der Waals surface area contributed by atoms with E-state index in [1.165, 1.54) is 0 Å². The van der Waals surface area contributed by atoms with Crippen molar-refractivity contribution in [2.75, 3.05) is 13.2 Å². The Hall–Kier alpha value is -3.61. The van der Waals surface area contributed by atoms with E-state index in [2.05, 4.69) is 5.32 Å². The smallest absolute Gasteiger partial charge is 0.344 e. The number of carbonyl (C=O) groups is 2. The number of hydrogen-bond donors (Lipinski definition) is 2. The van der Waals surface area contributed by atoms with Crippen LogP contribution in [0.25, 0.3) is 22.1 Å². The van der Waals surface area contributed by atoms with E-state index >= 15 is 0 Å². The summed E-state index contributed by atoms with van der Waals surface area (Å²) in [6.07, 6.45) is 0. The molecule has 0 atom stereocenters. The Kier molecular flexibility index (Phi) is 5.21. The van der Waals surface area contributed by atoms with Crippen molar-refractivity contribution in [3.05, 3.63) is 64.5 Å². The van der Waals surface area contributed by atoms with Crippen molar-refractivity contribution in [3.8, 4) is 17.1 Å². The highest BCUT2D eigenvalue weighted by molar-refractivity contribution is 5.85. The summed E-state index contributed by atoms with van der Waals surface area (Å²) in [4.78, 5) is 34.4. The normalized spacial score (nSPS) is 10.6. The minimum atomic E-state index is -1.14. The van der Waals surface area contributed by atoms with Crippen LogP contribution in [0.3, 0.4) is 0 Å². The molecule has 0 unspecified atom stereocenters. The Labute approximate surface area is 154 Å². The fourth-order valence-corrected chi connectivity index (χ4v) is 2.60. The van der Waals surface area contributed by atoms with Gasteiger partial charge in [0.25, 0.3) is 5.91 Å². The molecule has 0 aliphatic carbocycles. The van der Waals surface area contributed by atoms with Crippen molar-refractivity contribution in [1.29, 1.82) is 0 Å². The Balaban J connectivity index is 1.92. The molecule has 27 heavy (non-hydrogen) atoms. The number of nitrogens with one attached hydrogen (secondary N) is 1. The second kappa shape index (κ2) is 7.74. The third-order valence-corrected chi connectivity index (χ3v) is 3.87. The van der Waals surface area contributed by atoms with Gasteiger partial charge in [-0.05, 0) is 36.6 Å². The van der Waals surface area contributed by atoms with E-state index in [-0.39, 0.29) is 6.61 Å². The minimum Gasteiger partial charge on any atom is -0.483 e. The van der Waals surface area contributed by atoms with Crippen molar-refractivity contribution in [3.63, 3.8) is 0 Å². The van der Waals surface area contributed by atoms with E-state index in [1.54, 1.807) is 36.4 Å². The van der Waals surface area contributed by atoms with Crippen LogP contribution in [0.4, 0.5) is 0 Å². The number of aliphatic carboxylic acids is 1. The van der Waals surface area contributed by atoms with Gasteiger partial charge in [-0.3, -0.25) is 9.59 Å². The maximum Gasteiger partial charge on any atom is 0.344 e. The van der Waals surface area contributed by atoms with Crippen LogP contribution in [0.2, 0.25) is 0 Å². The lowest BCUT2D eigenvalue weighted by Crippen LogP contribution is -2.33. The molecule has 2 aromatic carbocycles. The molecule has 0 bridgehead atoms. The van der Waals surface area contributed by atoms with Gasteiger partial charge in [0.1, 0.15) is 18.1 Å². The number of carboxylic acids is 1. The van der Waals surface area contributed by atoms with Gasteiger partial charge in [0.2, 0.25) is 0 Å². The number of aryl methyl sites for hydroxylation is 1. The summed E-state index contributed by atoms with van der Waals surface area (Å²) >= 11 is 0. The predicted molar refractivity (Wildman–Crippen MR) is 98.8 cm³/mol. The van der Waals surface area contributed by atoms with Crippen molar-refractivity contribution in [2.24, 2.45) is 0 Å². The summed E-state index contributed by atoms with van der Waals surface area (Å²) in [6, 6.07) is 14.1. The summed E-state index contributed by atoms with van der Waals surface area (Å²) in [5, 5.41) is 12.0. The molecule has 138 valence electrons. The average Bonchev–Trinajstić information content (AvgIpc) is 2.65. The molecule has 7 nitrogen and oxygen atoms in total. The Morgan fingerprint density at radius 1 is 1.15 bits per heavy atom. The zero-order valence-corrected chi connectivity index (χ0v) is 14.5. The zero-order chi connectivity index (χ0) is 19.4. The molecule has 1 heterocycles. The molecule has 0 fully saturated rings. The fraction of sp³-hybridized carbons (Fsp3) is 0.150. The van der Waals surface area contributed by atoms with Crippen LogP contribution < -0.4 is 15.7 Å². The lowest BCUT2D eigenvalue weighted by molar-refractivity contribution is -0.138. The van der Waals surface area contributed by atoms with Gasteiger partial charge in [0.05, 0.1) is 10.9 Å². The van der Waals surface area contributed by atoms with Gasteiger partial charge >= 0.3 is 11.6 Å². The third-order valence-electron chi connectivity index (χ3n) is 3.87. The molecule has 0 aliphatic rings. The van der Waals surface area contributed by atoms with Gasteiger partial charge in [-0.25, -0.2) is 4.79 Å². The first kappa shape index (κ1) is 18.2. The van der Waals surface area contributed by atoms with Crippen LogP contribution in [-0.2, 0) is 9.59 Å². The molecule has 1 aromatic heterocycles. The highest BCUT2D eigenvalue weighted by atomic mass is 16.5. The van der Waals surface area contributed by atoms with Gasteiger partial charge in [-0.1, -0.05) is 29.8 Å². The van der Waals surface area contributed by atoms with Gasteiger partial charge < -0.3 is 19.6 Å². The predicted octanol–water partition coefficient (Wildman–Crippen LogP) is 2.35. The van der Waals surface area contributed by atoms with Gasteiger partial charge in [-0.15, -0.1) is 0 Å². The second-order valence-corrected chi connectivity index (χ2v) is 5.94. The van der Waals surface area contributed by atoms with E-state index in [1.807, 2.05) is 19.1 Å². The summed E-state index contributed by atoms with van der Waals surface area (Å²) in [5.74, 6) is -1.03. The van der Waals surface area contributed by atoms with Crippen molar-refractivity contribution < 1.29 is 23.8 Å². The summed E-state index contributed by atoms with van der Waals surface area (Å²) in [6.45, 7) is 1.04. The Morgan fingerprint density at radius 3 is 2.70 bits per heavy atom. The van der Waals surface area contributed by atoms with Crippen molar-refractivity contribution in [2.45, 2.75) is 6.92 Å². The van der Waals surface area contributed by atoms with Crippen LogP contribution in [0.1, 0.15) is 5.56 Å². The largest absolute Gasteiger partial charge is 0.483 e. The first-order valence-electron chi connectivity index (χ1n) is 8.19. The maximum absolute atomic E-state index is 12.3. The Morgan fingerprint density at radius 2 is 1.93 bits per heavy atom. The summed E-state index contributed by atoms with van der Waals surface area (Å²) in [5.41, 5.74) is 0.988. The zero-order valence-electron chi connectivity index (χ0n) is 14.5. The van der Waals surface area contributed by atoms with E-state index in [9.17, 15) is 14.4 Å².